The molecule has 0 heterocycles. The molecule has 2 aromatic rings. The topological polar surface area (TPSA) is 0 Å². The quantitative estimate of drug-likeness (QED) is 0.562. The van der Waals surface area contributed by atoms with Crippen molar-refractivity contribution in [1.29, 1.82) is 0 Å². The summed E-state index contributed by atoms with van der Waals surface area (Å²) in [6.07, 6.45) is 0. The van der Waals surface area contributed by atoms with Crippen molar-refractivity contribution in [1.82, 2.24) is 0 Å². The Hall–Kier alpha value is -1.34. The van der Waals surface area contributed by atoms with Gasteiger partial charge in [0.05, 0.1) is 0 Å². The summed E-state index contributed by atoms with van der Waals surface area (Å²) < 4.78 is 0. The Kier molecular flexibility index (Phi) is 3.41. The Balaban J connectivity index is 2.13. The van der Waals surface area contributed by atoms with E-state index in [1.807, 2.05) is 0 Å². The highest BCUT2D eigenvalue weighted by molar-refractivity contribution is 6.17. The third kappa shape index (κ3) is 2.46. The highest BCUT2D eigenvalue weighted by atomic mass is 28.1. The standard InChI is InChI=1S/C21H25Si/c1-20(2,3)13-7-9-15-16-10-8-14(21(4,5)6)12-18(16)19(22)17(15)11-13/h7-12,19H,1-6H3. The zero-order valence-corrected chi connectivity index (χ0v) is 15.5. The molecular formula is C21H25Si. The molecule has 113 valence electrons. The van der Waals surface area contributed by atoms with Crippen molar-refractivity contribution < 1.29 is 0 Å². The average Bonchev–Trinajstić information content (AvgIpc) is 2.70. The Morgan fingerprint density at radius 1 is 0.682 bits per heavy atom. The second-order valence-corrected chi connectivity index (χ2v) is 9.11. The van der Waals surface area contributed by atoms with Crippen molar-refractivity contribution >= 4 is 10.2 Å². The summed E-state index contributed by atoms with van der Waals surface area (Å²) in [5.41, 5.74) is 9.05. The van der Waals surface area contributed by atoms with Gasteiger partial charge in [-0.3, -0.25) is 0 Å². The second kappa shape index (κ2) is 4.83. The van der Waals surface area contributed by atoms with E-state index < -0.39 is 0 Å². The van der Waals surface area contributed by atoms with Gasteiger partial charge in [-0.25, -0.2) is 0 Å². The molecule has 0 amide bonds. The van der Waals surface area contributed by atoms with Crippen molar-refractivity contribution in [3.05, 3.63) is 58.7 Å². The van der Waals surface area contributed by atoms with Gasteiger partial charge in [0.15, 0.2) is 0 Å². The van der Waals surface area contributed by atoms with Crippen LogP contribution in [0, 0.1) is 0 Å². The van der Waals surface area contributed by atoms with Crippen LogP contribution in [0.3, 0.4) is 0 Å². The first-order valence-corrected chi connectivity index (χ1v) is 8.67. The van der Waals surface area contributed by atoms with Gasteiger partial charge in [0, 0.05) is 10.2 Å². The molecule has 2 aromatic carbocycles. The molecule has 0 N–H and O–H groups in total. The molecule has 0 saturated heterocycles. The van der Waals surface area contributed by atoms with E-state index in [1.165, 1.54) is 33.4 Å². The van der Waals surface area contributed by atoms with E-state index in [-0.39, 0.29) is 10.8 Å². The Morgan fingerprint density at radius 3 is 1.36 bits per heavy atom. The van der Waals surface area contributed by atoms with Gasteiger partial charge in [-0.1, -0.05) is 77.9 Å². The number of benzene rings is 2. The average molecular weight is 306 g/mol. The van der Waals surface area contributed by atoms with Crippen LogP contribution in [0.1, 0.15) is 69.3 Å². The minimum absolute atomic E-state index is 0.187. The zero-order valence-electron chi connectivity index (χ0n) is 14.5. The lowest BCUT2D eigenvalue weighted by atomic mass is 9.85. The van der Waals surface area contributed by atoms with Crippen molar-refractivity contribution in [2.45, 2.75) is 57.9 Å². The van der Waals surface area contributed by atoms with Gasteiger partial charge in [-0.05, 0) is 49.8 Å². The van der Waals surface area contributed by atoms with Gasteiger partial charge in [0.1, 0.15) is 0 Å². The molecule has 1 heteroatoms. The molecule has 0 unspecified atom stereocenters. The molecule has 0 fully saturated rings. The molecule has 1 aliphatic rings. The Bertz CT molecular complexity index is 663. The van der Waals surface area contributed by atoms with Crippen LogP contribution >= 0.6 is 0 Å². The van der Waals surface area contributed by atoms with E-state index >= 15 is 0 Å². The molecule has 3 radical (unpaired) electrons. The lowest BCUT2D eigenvalue weighted by molar-refractivity contribution is 0.589. The minimum Gasteiger partial charge on any atom is -0.0579 e. The monoisotopic (exact) mass is 305 g/mol. The Labute approximate surface area is 138 Å². The van der Waals surface area contributed by atoms with Crippen LogP contribution in [0.4, 0.5) is 0 Å². The van der Waals surface area contributed by atoms with Gasteiger partial charge in [0.25, 0.3) is 0 Å². The first kappa shape index (κ1) is 15.5. The van der Waals surface area contributed by atoms with Gasteiger partial charge in [-0.2, -0.15) is 0 Å². The zero-order chi connectivity index (χ0) is 16.3. The number of fused-ring (bicyclic) bond motifs is 3. The van der Waals surface area contributed by atoms with Crippen LogP contribution in [0.15, 0.2) is 36.4 Å². The summed E-state index contributed by atoms with van der Waals surface area (Å²) in [5.74, 6) is 0. The summed E-state index contributed by atoms with van der Waals surface area (Å²) in [6, 6.07) is 13.9. The van der Waals surface area contributed by atoms with Crippen LogP contribution in [0.5, 0.6) is 0 Å². The normalized spacial score (nSPS) is 14.9. The lowest BCUT2D eigenvalue weighted by Gasteiger charge is -2.21. The fourth-order valence-corrected chi connectivity index (χ4v) is 3.67. The summed E-state index contributed by atoms with van der Waals surface area (Å²) in [4.78, 5) is 0. The molecule has 0 spiro atoms. The molecule has 0 aromatic heterocycles. The molecule has 0 aliphatic heterocycles. The number of hydrogen-bond donors (Lipinski definition) is 0. The van der Waals surface area contributed by atoms with Crippen molar-refractivity contribution in [3.63, 3.8) is 0 Å². The summed E-state index contributed by atoms with van der Waals surface area (Å²) in [5, 5.41) is 0. The van der Waals surface area contributed by atoms with Gasteiger partial charge in [0.2, 0.25) is 0 Å². The maximum Gasteiger partial charge on any atom is 0.0397 e. The smallest absolute Gasteiger partial charge is 0.0397 e. The van der Waals surface area contributed by atoms with E-state index in [1.54, 1.807) is 0 Å². The highest BCUT2D eigenvalue weighted by Crippen LogP contribution is 2.45. The van der Waals surface area contributed by atoms with Crippen molar-refractivity contribution in [3.8, 4) is 11.1 Å². The van der Waals surface area contributed by atoms with Gasteiger partial charge >= 0.3 is 0 Å². The van der Waals surface area contributed by atoms with Crippen LogP contribution in [-0.4, -0.2) is 10.2 Å². The third-order valence-corrected chi connectivity index (χ3v) is 5.37. The summed E-state index contributed by atoms with van der Waals surface area (Å²) in [7, 11) is 4.00. The predicted octanol–water partition coefficient (Wildman–Crippen LogP) is 5.52. The van der Waals surface area contributed by atoms with Crippen LogP contribution in [0.25, 0.3) is 11.1 Å². The van der Waals surface area contributed by atoms with Crippen LogP contribution in [-0.2, 0) is 10.8 Å². The first-order chi connectivity index (χ1) is 10.1. The van der Waals surface area contributed by atoms with E-state index in [4.69, 9.17) is 0 Å². The van der Waals surface area contributed by atoms with Crippen LogP contribution in [0.2, 0.25) is 0 Å². The largest absolute Gasteiger partial charge is 0.0579 e. The summed E-state index contributed by atoms with van der Waals surface area (Å²) >= 11 is 0. The second-order valence-electron chi connectivity index (χ2n) is 8.54. The summed E-state index contributed by atoms with van der Waals surface area (Å²) in [6.45, 7) is 13.6. The number of hydrogen-bond acceptors (Lipinski definition) is 0. The highest BCUT2D eigenvalue weighted by Gasteiger charge is 2.28. The molecule has 0 saturated carbocycles. The van der Waals surface area contributed by atoms with Crippen molar-refractivity contribution in [2.24, 2.45) is 0 Å². The van der Waals surface area contributed by atoms with Crippen LogP contribution < -0.4 is 0 Å². The molecule has 1 aliphatic carbocycles. The van der Waals surface area contributed by atoms with E-state index in [0.29, 0.717) is 5.54 Å². The predicted molar refractivity (Wildman–Crippen MR) is 96.9 cm³/mol. The van der Waals surface area contributed by atoms with Crippen molar-refractivity contribution in [2.75, 3.05) is 0 Å². The maximum absolute atomic E-state index is 4.00. The van der Waals surface area contributed by atoms with Gasteiger partial charge < -0.3 is 0 Å². The number of rotatable bonds is 0. The Morgan fingerprint density at radius 2 is 1.05 bits per heavy atom. The molecule has 0 nitrogen and oxygen atoms in total. The first-order valence-electron chi connectivity index (χ1n) is 8.09. The molecule has 3 rings (SSSR count). The fraction of sp³-hybridized carbons (Fsp3) is 0.429. The molecule has 22 heavy (non-hydrogen) atoms. The fourth-order valence-electron chi connectivity index (χ4n) is 3.19. The third-order valence-electron chi connectivity index (χ3n) is 4.75. The minimum atomic E-state index is 0.187. The SMILES string of the molecule is CC(C)(C)c1ccc2c(c1)C([Si])c1cc(C(C)(C)C)ccc1-2. The van der Waals surface area contributed by atoms with Gasteiger partial charge in [-0.15, -0.1) is 0 Å². The molecule has 0 bridgehead atoms. The van der Waals surface area contributed by atoms with E-state index in [9.17, 15) is 0 Å². The maximum atomic E-state index is 4.00. The lowest BCUT2D eigenvalue weighted by Crippen LogP contribution is -2.12. The van der Waals surface area contributed by atoms with E-state index in [2.05, 4.69) is 88.2 Å². The van der Waals surface area contributed by atoms with E-state index in [0.717, 1.165) is 0 Å². The molecular weight excluding hydrogens is 280 g/mol. The molecule has 0 atom stereocenters.